The summed E-state index contributed by atoms with van der Waals surface area (Å²) in [4.78, 5) is 0. The fraction of sp³-hybridized carbons (Fsp3) is 0.500. The van der Waals surface area contributed by atoms with E-state index in [4.69, 9.17) is 10.5 Å². The van der Waals surface area contributed by atoms with Crippen LogP contribution in [0.2, 0.25) is 0 Å². The van der Waals surface area contributed by atoms with Crippen LogP contribution in [-0.2, 0) is 6.42 Å². The maximum Gasteiger partial charge on any atom is 0.127 e. The number of benzene rings is 1. The van der Waals surface area contributed by atoms with Crippen molar-refractivity contribution in [1.82, 2.24) is 0 Å². The minimum absolute atomic E-state index is 0.0845. The second-order valence-corrected chi connectivity index (χ2v) is 3.60. The van der Waals surface area contributed by atoms with Gasteiger partial charge < -0.3 is 10.5 Å². The van der Waals surface area contributed by atoms with Gasteiger partial charge in [0.05, 0.1) is 6.61 Å². The van der Waals surface area contributed by atoms with Crippen LogP contribution in [0.15, 0.2) is 18.2 Å². The molecule has 0 radical (unpaired) electrons. The molecule has 15 heavy (non-hydrogen) atoms. The molecule has 0 aliphatic carbocycles. The Morgan fingerprint density at radius 2 is 2.07 bits per heavy atom. The van der Waals surface area contributed by atoms with Gasteiger partial charge in [-0.25, -0.2) is 4.39 Å². The molecule has 0 heterocycles. The molecule has 0 spiro atoms. The first-order chi connectivity index (χ1) is 7.15. The summed E-state index contributed by atoms with van der Waals surface area (Å²) < 4.78 is 18.4. The molecule has 1 aromatic rings. The molecule has 2 nitrogen and oxygen atoms in total. The Bertz CT molecular complexity index is 314. The van der Waals surface area contributed by atoms with E-state index in [1.807, 2.05) is 19.9 Å². The molecule has 0 aliphatic rings. The van der Waals surface area contributed by atoms with Gasteiger partial charge in [-0.05, 0) is 37.5 Å². The van der Waals surface area contributed by atoms with Gasteiger partial charge in [0.25, 0.3) is 0 Å². The second kappa shape index (κ2) is 5.71. The smallest absolute Gasteiger partial charge is 0.127 e. The Labute approximate surface area is 90.2 Å². The maximum absolute atomic E-state index is 13.2. The Kier molecular flexibility index (Phi) is 4.56. The van der Waals surface area contributed by atoms with Crippen molar-refractivity contribution in [3.63, 3.8) is 0 Å². The van der Waals surface area contributed by atoms with Crippen LogP contribution in [0.3, 0.4) is 0 Å². The quantitative estimate of drug-likeness (QED) is 0.812. The van der Waals surface area contributed by atoms with Crippen LogP contribution in [0, 0.1) is 5.82 Å². The summed E-state index contributed by atoms with van der Waals surface area (Å²) in [5.41, 5.74) is 6.71. The highest BCUT2D eigenvalue weighted by atomic mass is 19.1. The van der Waals surface area contributed by atoms with Gasteiger partial charge in [0, 0.05) is 12.1 Å². The van der Waals surface area contributed by atoms with Crippen molar-refractivity contribution in [3.05, 3.63) is 29.6 Å². The fourth-order valence-corrected chi connectivity index (χ4v) is 1.44. The Morgan fingerprint density at radius 1 is 1.33 bits per heavy atom. The third kappa shape index (κ3) is 3.88. The molecule has 1 rings (SSSR count). The summed E-state index contributed by atoms with van der Waals surface area (Å²) in [5, 5.41) is 0. The molecule has 1 unspecified atom stereocenters. The van der Waals surface area contributed by atoms with E-state index >= 15 is 0 Å². The first-order valence-corrected chi connectivity index (χ1v) is 5.33. The monoisotopic (exact) mass is 211 g/mol. The van der Waals surface area contributed by atoms with Crippen LogP contribution in [0.4, 0.5) is 4.39 Å². The molecular weight excluding hydrogens is 193 g/mol. The van der Waals surface area contributed by atoms with Gasteiger partial charge in [-0.1, -0.05) is 6.92 Å². The van der Waals surface area contributed by atoms with Gasteiger partial charge in [-0.3, -0.25) is 0 Å². The summed E-state index contributed by atoms with van der Waals surface area (Å²) in [6.07, 6.45) is 1.58. The molecule has 84 valence electrons. The second-order valence-electron chi connectivity index (χ2n) is 3.60. The van der Waals surface area contributed by atoms with Crippen molar-refractivity contribution >= 4 is 0 Å². The van der Waals surface area contributed by atoms with Crippen LogP contribution in [0.1, 0.15) is 25.8 Å². The molecule has 0 fully saturated rings. The summed E-state index contributed by atoms with van der Waals surface area (Å²) in [7, 11) is 0. The first-order valence-electron chi connectivity index (χ1n) is 5.33. The van der Waals surface area contributed by atoms with Gasteiger partial charge in [-0.2, -0.15) is 0 Å². The van der Waals surface area contributed by atoms with E-state index in [9.17, 15) is 4.39 Å². The Morgan fingerprint density at radius 3 is 2.67 bits per heavy atom. The predicted octanol–water partition coefficient (Wildman–Crippen LogP) is 2.50. The lowest BCUT2D eigenvalue weighted by Crippen LogP contribution is -2.21. The van der Waals surface area contributed by atoms with Crippen LogP contribution >= 0.6 is 0 Å². The Hall–Kier alpha value is -1.09. The molecule has 0 saturated carbocycles. The summed E-state index contributed by atoms with van der Waals surface area (Å²) in [6.45, 7) is 4.44. The van der Waals surface area contributed by atoms with Gasteiger partial charge in [-0.15, -0.1) is 0 Å². The molecular formula is C12H18FNO. The molecule has 2 N–H and O–H groups in total. The van der Waals surface area contributed by atoms with E-state index in [1.165, 1.54) is 12.1 Å². The van der Waals surface area contributed by atoms with E-state index in [2.05, 4.69) is 0 Å². The van der Waals surface area contributed by atoms with Crippen molar-refractivity contribution in [2.24, 2.45) is 5.73 Å². The summed E-state index contributed by atoms with van der Waals surface area (Å²) in [5.74, 6) is 0.315. The standard InChI is InChI=1S/C12H18FNO/c1-3-11(14)6-9-5-10(13)8-12(7-9)15-4-2/h5,7-8,11H,3-4,6,14H2,1-2H3. The van der Waals surface area contributed by atoms with E-state index < -0.39 is 0 Å². The highest BCUT2D eigenvalue weighted by Crippen LogP contribution is 2.17. The van der Waals surface area contributed by atoms with Crippen molar-refractivity contribution in [2.75, 3.05) is 6.61 Å². The minimum Gasteiger partial charge on any atom is -0.494 e. The van der Waals surface area contributed by atoms with Crippen molar-refractivity contribution in [1.29, 1.82) is 0 Å². The molecule has 0 amide bonds. The minimum atomic E-state index is -0.265. The number of ether oxygens (including phenoxy) is 1. The average Bonchev–Trinajstić information content (AvgIpc) is 2.17. The van der Waals surface area contributed by atoms with Crippen molar-refractivity contribution < 1.29 is 9.13 Å². The lowest BCUT2D eigenvalue weighted by Gasteiger charge is -2.10. The van der Waals surface area contributed by atoms with Crippen LogP contribution < -0.4 is 10.5 Å². The first kappa shape index (κ1) is 12.0. The zero-order chi connectivity index (χ0) is 11.3. The van der Waals surface area contributed by atoms with E-state index in [1.54, 1.807) is 0 Å². The molecule has 0 aromatic heterocycles. The highest BCUT2D eigenvalue weighted by Gasteiger charge is 2.05. The zero-order valence-electron chi connectivity index (χ0n) is 9.29. The fourth-order valence-electron chi connectivity index (χ4n) is 1.44. The van der Waals surface area contributed by atoms with Crippen molar-refractivity contribution in [3.8, 4) is 5.75 Å². The van der Waals surface area contributed by atoms with Gasteiger partial charge >= 0.3 is 0 Å². The number of hydrogen-bond acceptors (Lipinski definition) is 2. The van der Waals surface area contributed by atoms with Crippen LogP contribution in [0.5, 0.6) is 5.75 Å². The largest absolute Gasteiger partial charge is 0.494 e. The number of hydrogen-bond donors (Lipinski definition) is 1. The number of rotatable bonds is 5. The number of nitrogens with two attached hydrogens (primary N) is 1. The van der Waals surface area contributed by atoms with Crippen molar-refractivity contribution in [2.45, 2.75) is 32.7 Å². The molecule has 0 saturated heterocycles. The lowest BCUT2D eigenvalue weighted by atomic mass is 10.0. The molecule has 0 bridgehead atoms. The van der Waals surface area contributed by atoms with E-state index in [0.717, 1.165) is 12.0 Å². The SMILES string of the molecule is CCOc1cc(F)cc(CC(N)CC)c1. The topological polar surface area (TPSA) is 35.2 Å². The summed E-state index contributed by atoms with van der Waals surface area (Å²) in [6, 6.07) is 4.84. The normalized spacial score (nSPS) is 12.5. The molecule has 3 heteroatoms. The molecule has 1 atom stereocenters. The third-order valence-corrected chi connectivity index (χ3v) is 2.26. The Balaban J connectivity index is 2.78. The lowest BCUT2D eigenvalue weighted by molar-refractivity contribution is 0.337. The van der Waals surface area contributed by atoms with Gasteiger partial charge in [0.1, 0.15) is 11.6 Å². The zero-order valence-corrected chi connectivity index (χ0v) is 9.29. The van der Waals surface area contributed by atoms with Crippen LogP contribution in [-0.4, -0.2) is 12.6 Å². The molecule has 1 aromatic carbocycles. The van der Waals surface area contributed by atoms with Gasteiger partial charge in [0.2, 0.25) is 0 Å². The summed E-state index contributed by atoms with van der Waals surface area (Å²) >= 11 is 0. The molecule has 0 aliphatic heterocycles. The van der Waals surface area contributed by atoms with E-state index in [0.29, 0.717) is 18.8 Å². The third-order valence-electron chi connectivity index (χ3n) is 2.26. The van der Waals surface area contributed by atoms with Gasteiger partial charge in [0.15, 0.2) is 0 Å². The highest BCUT2D eigenvalue weighted by molar-refractivity contribution is 5.30. The number of halogens is 1. The predicted molar refractivity (Wildman–Crippen MR) is 59.5 cm³/mol. The average molecular weight is 211 g/mol. The van der Waals surface area contributed by atoms with E-state index in [-0.39, 0.29) is 11.9 Å². The maximum atomic E-state index is 13.2. The van der Waals surface area contributed by atoms with Crippen LogP contribution in [0.25, 0.3) is 0 Å².